The van der Waals surface area contributed by atoms with E-state index in [-0.39, 0.29) is 17.0 Å². The van der Waals surface area contributed by atoms with Crippen LogP contribution in [0.4, 0.5) is 10.5 Å². The van der Waals surface area contributed by atoms with Crippen molar-refractivity contribution in [3.05, 3.63) is 47.4 Å². The molecule has 0 saturated carbocycles. The van der Waals surface area contributed by atoms with E-state index in [9.17, 15) is 13.2 Å². The van der Waals surface area contributed by atoms with Crippen molar-refractivity contribution in [2.24, 2.45) is 0 Å². The summed E-state index contributed by atoms with van der Waals surface area (Å²) in [6.07, 6.45) is 5.48. The Labute approximate surface area is 141 Å². The highest BCUT2D eigenvalue weighted by atomic mass is 32.2. The van der Waals surface area contributed by atoms with Crippen LogP contribution in [0.5, 0.6) is 0 Å². The van der Waals surface area contributed by atoms with E-state index >= 15 is 0 Å². The number of carbonyl (C=O) groups is 1. The van der Waals surface area contributed by atoms with Gasteiger partial charge in [0.2, 0.25) is 0 Å². The van der Waals surface area contributed by atoms with E-state index in [1.807, 2.05) is 6.07 Å². The molecule has 1 aromatic heterocycles. The molecule has 0 radical (unpaired) electrons. The van der Waals surface area contributed by atoms with E-state index < -0.39 is 9.84 Å². The van der Waals surface area contributed by atoms with Crippen molar-refractivity contribution in [2.75, 3.05) is 11.6 Å². The summed E-state index contributed by atoms with van der Waals surface area (Å²) in [5, 5.41) is 5.63. The van der Waals surface area contributed by atoms with Crippen molar-refractivity contribution < 1.29 is 17.6 Å². The minimum atomic E-state index is -3.34. The molecule has 2 aromatic rings. The van der Waals surface area contributed by atoms with E-state index in [0.717, 1.165) is 36.8 Å². The van der Waals surface area contributed by atoms with Crippen LogP contribution in [0.15, 0.2) is 39.8 Å². The zero-order valence-electron chi connectivity index (χ0n) is 13.6. The maximum absolute atomic E-state index is 12.3. The fourth-order valence-electron chi connectivity index (χ4n) is 3.04. The third kappa shape index (κ3) is 3.46. The highest BCUT2D eigenvalue weighted by Crippen LogP contribution is 2.30. The summed E-state index contributed by atoms with van der Waals surface area (Å²) in [4.78, 5) is 12.5. The SMILES string of the molecule is Cc1ccc(NC(=O)N[C@H]2CCCc3occc32)cc1S(C)(=O)=O. The van der Waals surface area contributed by atoms with E-state index in [1.54, 1.807) is 25.3 Å². The number of hydrogen-bond donors (Lipinski definition) is 2. The fraction of sp³-hybridized carbons (Fsp3) is 0.353. The van der Waals surface area contributed by atoms with Crippen molar-refractivity contribution in [3.8, 4) is 0 Å². The van der Waals surface area contributed by atoms with Gasteiger partial charge in [0.05, 0.1) is 17.2 Å². The zero-order valence-corrected chi connectivity index (χ0v) is 14.4. The molecule has 0 spiro atoms. The summed E-state index contributed by atoms with van der Waals surface area (Å²) in [7, 11) is -3.34. The Kier molecular flexibility index (Phi) is 4.36. The molecule has 0 saturated heterocycles. The Hall–Kier alpha value is -2.28. The molecule has 0 unspecified atom stereocenters. The second-order valence-corrected chi connectivity index (χ2v) is 8.08. The quantitative estimate of drug-likeness (QED) is 0.891. The second kappa shape index (κ2) is 6.32. The van der Waals surface area contributed by atoms with Crippen LogP contribution in [-0.4, -0.2) is 20.7 Å². The molecular formula is C17H20N2O4S. The van der Waals surface area contributed by atoms with Crippen molar-refractivity contribution >= 4 is 21.6 Å². The highest BCUT2D eigenvalue weighted by molar-refractivity contribution is 7.90. The molecule has 1 aliphatic rings. The standard InChI is InChI=1S/C17H20N2O4S/c1-11-6-7-12(10-16(11)24(2,21)22)18-17(20)19-14-4-3-5-15-13(14)8-9-23-15/h6-10,14H,3-5H2,1-2H3,(H2,18,19,20)/t14-/m0/s1. The topological polar surface area (TPSA) is 88.4 Å². The number of sulfone groups is 1. The molecular weight excluding hydrogens is 328 g/mol. The number of hydrogen-bond acceptors (Lipinski definition) is 4. The summed E-state index contributed by atoms with van der Waals surface area (Å²) in [6.45, 7) is 1.72. The average Bonchev–Trinajstić information content (AvgIpc) is 2.97. The fourth-order valence-corrected chi connectivity index (χ4v) is 4.03. The number of urea groups is 1. The molecule has 128 valence electrons. The number of carbonyl (C=O) groups excluding carboxylic acids is 1. The van der Waals surface area contributed by atoms with Gasteiger partial charge in [0.1, 0.15) is 5.76 Å². The predicted molar refractivity (Wildman–Crippen MR) is 90.8 cm³/mol. The van der Waals surface area contributed by atoms with Crippen molar-refractivity contribution in [3.63, 3.8) is 0 Å². The van der Waals surface area contributed by atoms with Gasteiger partial charge in [-0.1, -0.05) is 6.07 Å². The molecule has 2 amide bonds. The lowest BCUT2D eigenvalue weighted by Crippen LogP contribution is -2.34. The lowest BCUT2D eigenvalue weighted by molar-refractivity contribution is 0.246. The summed E-state index contributed by atoms with van der Waals surface area (Å²) in [6, 6.07) is 6.28. The van der Waals surface area contributed by atoms with Crippen molar-refractivity contribution in [1.82, 2.24) is 5.32 Å². The van der Waals surface area contributed by atoms with Gasteiger partial charge in [0.15, 0.2) is 9.84 Å². The first-order valence-corrected chi connectivity index (χ1v) is 9.68. The molecule has 1 aliphatic carbocycles. The van der Waals surface area contributed by atoms with Gasteiger partial charge in [-0.15, -0.1) is 0 Å². The number of nitrogens with one attached hydrogen (secondary N) is 2. The van der Waals surface area contributed by atoms with E-state index in [0.29, 0.717) is 11.3 Å². The molecule has 1 heterocycles. The number of fused-ring (bicyclic) bond motifs is 1. The molecule has 1 atom stereocenters. The lowest BCUT2D eigenvalue weighted by atomic mass is 9.93. The van der Waals surface area contributed by atoms with Gasteiger partial charge >= 0.3 is 6.03 Å². The Morgan fingerprint density at radius 1 is 1.29 bits per heavy atom. The summed E-state index contributed by atoms with van der Waals surface area (Å²) in [5.74, 6) is 0.918. The van der Waals surface area contributed by atoms with Crippen LogP contribution in [0, 0.1) is 6.92 Å². The first-order chi connectivity index (χ1) is 11.3. The Morgan fingerprint density at radius 3 is 2.83 bits per heavy atom. The van der Waals surface area contributed by atoms with Gasteiger partial charge < -0.3 is 15.1 Å². The molecule has 6 nitrogen and oxygen atoms in total. The van der Waals surface area contributed by atoms with Crippen LogP contribution in [0.25, 0.3) is 0 Å². The first kappa shape index (κ1) is 16.6. The molecule has 24 heavy (non-hydrogen) atoms. The number of aryl methyl sites for hydroxylation is 2. The second-order valence-electron chi connectivity index (χ2n) is 6.09. The third-order valence-corrected chi connectivity index (χ3v) is 5.44. The Morgan fingerprint density at radius 2 is 2.08 bits per heavy atom. The van der Waals surface area contributed by atoms with Crippen molar-refractivity contribution in [1.29, 1.82) is 0 Å². The van der Waals surface area contributed by atoms with Crippen LogP contribution in [0.3, 0.4) is 0 Å². The Balaban J connectivity index is 1.73. The summed E-state index contributed by atoms with van der Waals surface area (Å²) < 4.78 is 29.0. The van der Waals surface area contributed by atoms with Crippen LogP contribution in [0.2, 0.25) is 0 Å². The van der Waals surface area contributed by atoms with Gasteiger partial charge in [-0.05, 0) is 43.5 Å². The number of furan rings is 1. The normalized spacial score (nSPS) is 17.2. The summed E-state index contributed by atoms with van der Waals surface area (Å²) >= 11 is 0. The number of anilines is 1. The molecule has 0 bridgehead atoms. The van der Waals surface area contributed by atoms with Gasteiger partial charge in [-0.3, -0.25) is 0 Å². The lowest BCUT2D eigenvalue weighted by Gasteiger charge is -2.23. The van der Waals surface area contributed by atoms with Gasteiger partial charge in [0.25, 0.3) is 0 Å². The third-order valence-electron chi connectivity index (χ3n) is 4.20. The first-order valence-electron chi connectivity index (χ1n) is 7.79. The average molecular weight is 348 g/mol. The molecule has 0 aliphatic heterocycles. The van der Waals surface area contributed by atoms with E-state index in [4.69, 9.17) is 4.42 Å². The maximum atomic E-state index is 12.3. The molecule has 7 heteroatoms. The number of rotatable bonds is 3. The highest BCUT2D eigenvalue weighted by Gasteiger charge is 2.24. The Bertz CT molecular complexity index is 870. The van der Waals surface area contributed by atoms with E-state index in [2.05, 4.69) is 10.6 Å². The maximum Gasteiger partial charge on any atom is 0.319 e. The van der Waals surface area contributed by atoms with Crippen LogP contribution < -0.4 is 10.6 Å². The van der Waals surface area contributed by atoms with Crippen LogP contribution in [-0.2, 0) is 16.3 Å². The predicted octanol–water partition coefficient (Wildman–Crippen LogP) is 3.19. The van der Waals surface area contributed by atoms with Crippen molar-refractivity contribution in [2.45, 2.75) is 37.1 Å². The van der Waals surface area contributed by atoms with Gasteiger partial charge in [0, 0.05) is 23.9 Å². The molecule has 3 rings (SSSR count). The summed E-state index contributed by atoms with van der Waals surface area (Å²) in [5.41, 5.74) is 2.11. The van der Waals surface area contributed by atoms with Gasteiger partial charge in [-0.25, -0.2) is 13.2 Å². The number of amides is 2. The molecule has 2 N–H and O–H groups in total. The zero-order chi connectivity index (χ0) is 17.3. The molecule has 0 fully saturated rings. The minimum Gasteiger partial charge on any atom is -0.469 e. The largest absolute Gasteiger partial charge is 0.469 e. The van der Waals surface area contributed by atoms with E-state index in [1.165, 1.54) is 6.07 Å². The van der Waals surface area contributed by atoms with Crippen LogP contribution >= 0.6 is 0 Å². The van der Waals surface area contributed by atoms with Crippen LogP contribution in [0.1, 0.15) is 35.8 Å². The smallest absolute Gasteiger partial charge is 0.319 e. The molecule has 1 aromatic carbocycles. The minimum absolute atomic E-state index is 0.0904. The number of benzene rings is 1. The van der Waals surface area contributed by atoms with Gasteiger partial charge in [-0.2, -0.15) is 0 Å². The monoisotopic (exact) mass is 348 g/mol.